The van der Waals surface area contributed by atoms with E-state index in [2.05, 4.69) is 67.7 Å². The molecule has 0 saturated heterocycles. The van der Waals surface area contributed by atoms with E-state index in [0.29, 0.717) is 12.0 Å². The van der Waals surface area contributed by atoms with Gasteiger partial charge in [-0.05, 0) is 25.5 Å². The van der Waals surface area contributed by atoms with Gasteiger partial charge in [-0.1, -0.05) is 44.2 Å². The van der Waals surface area contributed by atoms with Crippen molar-refractivity contribution in [3.8, 4) is 0 Å². The van der Waals surface area contributed by atoms with E-state index in [1.165, 1.54) is 11.1 Å². The van der Waals surface area contributed by atoms with Gasteiger partial charge < -0.3 is 5.32 Å². The molecule has 1 heterocycles. The molecule has 0 aliphatic carbocycles. The zero-order valence-corrected chi connectivity index (χ0v) is 12.7. The molecule has 0 aliphatic rings. The predicted octanol–water partition coefficient (Wildman–Crippen LogP) is 3.75. The van der Waals surface area contributed by atoms with Gasteiger partial charge in [-0.2, -0.15) is 5.10 Å². The Kier molecular flexibility index (Phi) is 5.36. The van der Waals surface area contributed by atoms with Gasteiger partial charge in [0.1, 0.15) is 0 Å². The van der Waals surface area contributed by atoms with E-state index in [-0.39, 0.29) is 0 Å². The number of hydrogen-bond donors (Lipinski definition) is 1. The molecule has 108 valence electrons. The summed E-state index contributed by atoms with van der Waals surface area (Å²) in [6, 6.07) is 11.0. The number of aromatic nitrogens is 2. The first-order valence-electron chi connectivity index (χ1n) is 7.57. The summed E-state index contributed by atoms with van der Waals surface area (Å²) in [6.07, 6.45) is 5.29. The third kappa shape index (κ3) is 3.48. The van der Waals surface area contributed by atoms with E-state index in [9.17, 15) is 0 Å². The highest BCUT2D eigenvalue weighted by atomic mass is 15.3. The van der Waals surface area contributed by atoms with Gasteiger partial charge in [0.2, 0.25) is 0 Å². The van der Waals surface area contributed by atoms with Crippen LogP contribution in [-0.2, 0) is 6.54 Å². The molecule has 0 radical (unpaired) electrons. The lowest BCUT2D eigenvalue weighted by atomic mass is 9.90. The van der Waals surface area contributed by atoms with Gasteiger partial charge in [0.05, 0.1) is 6.20 Å². The van der Waals surface area contributed by atoms with Gasteiger partial charge in [0.15, 0.2) is 0 Å². The van der Waals surface area contributed by atoms with Crippen LogP contribution >= 0.6 is 0 Å². The van der Waals surface area contributed by atoms with Gasteiger partial charge in [-0.3, -0.25) is 4.68 Å². The highest BCUT2D eigenvalue weighted by Gasteiger charge is 2.21. The molecule has 1 aromatic heterocycles. The average molecular weight is 271 g/mol. The number of aryl methyl sites for hydroxylation is 1. The van der Waals surface area contributed by atoms with E-state index >= 15 is 0 Å². The first kappa shape index (κ1) is 14.8. The molecule has 3 nitrogen and oxygen atoms in total. The third-order valence-electron chi connectivity index (χ3n) is 3.78. The van der Waals surface area contributed by atoms with Crippen LogP contribution in [0.1, 0.15) is 50.3 Å². The van der Waals surface area contributed by atoms with Crippen molar-refractivity contribution in [2.24, 2.45) is 0 Å². The lowest BCUT2D eigenvalue weighted by Gasteiger charge is -2.24. The zero-order valence-electron chi connectivity index (χ0n) is 12.7. The topological polar surface area (TPSA) is 29.9 Å². The van der Waals surface area contributed by atoms with E-state index in [4.69, 9.17) is 0 Å². The zero-order chi connectivity index (χ0) is 14.4. The van der Waals surface area contributed by atoms with Crippen molar-refractivity contribution in [1.29, 1.82) is 0 Å². The average Bonchev–Trinajstić information content (AvgIpc) is 2.97. The fourth-order valence-corrected chi connectivity index (χ4v) is 2.55. The van der Waals surface area contributed by atoms with Crippen molar-refractivity contribution in [2.45, 2.75) is 45.7 Å². The Bertz CT molecular complexity index is 504. The van der Waals surface area contributed by atoms with Crippen LogP contribution in [-0.4, -0.2) is 16.3 Å². The number of benzene rings is 1. The molecule has 2 atom stereocenters. The van der Waals surface area contributed by atoms with Gasteiger partial charge in [-0.15, -0.1) is 0 Å². The molecule has 0 bridgehead atoms. The van der Waals surface area contributed by atoms with Crippen LogP contribution in [0.25, 0.3) is 0 Å². The summed E-state index contributed by atoms with van der Waals surface area (Å²) < 4.78 is 1.99. The third-order valence-corrected chi connectivity index (χ3v) is 3.78. The lowest BCUT2D eigenvalue weighted by Crippen LogP contribution is -2.26. The van der Waals surface area contributed by atoms with Crippen molar-refractivity contribution < 1.29 is 0 Å². The molecule has 0 fully saturated rings. The Morgan fingerprint density at radius 3 is 2.50 bits per heavy atom. The summed E-state index contributed by atoms with van der Waals surface area (Å²) in [5.41, 5.74) is 2.64. The maximum atomic E-state index is 4.42. The highest BCUT2D eigenvalue weighted by molar-refractivity contribution is 5.25. The number of nitrogens with zero attached hydrogens (tertiary/aromatic N) is 2. The fourth-order valence-electron chi connectivity index (χ4n) is 2.55. The molecular weight excluding hydrogens is 246 g/mol. The van der Waals surface area contributed by atoms with Crippen LogP contribution in [0.3, 0.4) is 0 Å². The molecule has 0 amide bonds. The quantitative estimate of drug-likeness (QED) is 0.831. The molecule has 0 spiro atoms. The van der Waals surface area contributed by atoms with Crippen LogP contribution in [0.5, 0.6) is 0 Å². The van der Waals surface area contributed by atoms with Crippen molar-refractivity contribution in [3.05, 3.63) is 53.9 Å². The van der Waals surface area contributed by atoms with Crippen LogP contribution in [0, 0.1) is 0 Å². The van der Waals surface area contributed by atoms with Gasteiger partial charge >= 0.3 is 0 Å². The summed E-state index contributed by atoms with van der Waals surface area (Å²) in [5.74, 6) is 0.428. The van der Waals surface area contributed by atoms with E-state index in [1.54, 1.807) is 0 Å². The fraction of sp³-hybridized carbons (Fsp3) is 0.471. The molecule has 0 saturated carbocycles. The van der Waals surface area contributed by atoms with Crippen molar-refractivity contribution in [2.75, 3.05) is 6.54 Å². The SMILES string of the molecule is CCCNC(c1cnn(CC)c1)C(C)c1ccccc1. The van der Waals surface area contributed by atoms with Gasteiger partial charge in [0.25, 0.3) is 0 Å². The molecule has 2 aromatic rings. The molecule has 1 N–H and O–H groups in total. The first-order chi connectivity index (χ1) is 9.76. The maximum Gasteiger partial charge on any atom is 0.0537 e. The van der Waals surface area contributed by atoms with Crippen LogP contribution in [0.15, 0.2) is 42.7 Å². The Labute approximate surface area is 122 Å². The maximum absolute atomic E-state index is 4.42. The van der Waals surface area contributed by atoms with E-state index < -0.39 is 0 Å². The van der Waals surface area contributed by atoms with Crippen molar-refractivity contribution >= 4 is 0 Å². The molecule has 20 heavy (non-hydrogen) atoms. The van der Waals surface area contributed by atoms with Crippen LogP contribution in [0.4, 0.5) is 0 Å². The minimum atomic E-state index is 0.317. The van der Waals surface area contributed by atoms with E-state index in [1.807, 2.05) is 10.9 Å². The summed E-state index contributed by atoms with van der Waals surface area (Å²) in [5, 5.41) is 8.08. The molecular formula is C17H25N3. The highest BCUT2D eigenvalue weighted by Crippen LogP contribution is 2.30. The first-order valence-corrected chi connectivity index (χ1v) is 7.57. The molecule has 3 heteroatoms. The smallest absolute Gasteiger partial charge is 0.0537 e. The summed E-state index contributed by atoms with van der Waals surface area (Å²) in [4.78, 5) is 0. The van der Waals surface area contributed by atoms with Gasteiger partial charge in [0, 0.05) is 30.3 Å². The van der Waals surface area contributed by atoms with E-state index in [0.717, 1.165) is 19.5 Å². The Morgan fingerprint density at radius 1 is 1.15 bits per heavy atom. The Morgan fingerprint density at radius 2 is 1.90 bits per heavy atom. The van der Waals surface area contributed by atoms with Crippen LogP contribution in [0.2, 0.25) is 0 Å². The number of nitrogens with one attached hydrogen (secondary N) is 1. The Balaban J connectivity index is 2.22. The molecule has 0 aliphatic heterocycles. The minimum Gasteiger partial charge on any atom is -0.309 e. The summed E-state index contributed by atoms with van der Waals surface area (Å²) in [7, 11) is 0. The molecule has 1 aromatic carbocycles. The van der Waals surface area contributed by atoms with Crippen LogP contribution < -0.4 is 5.32 Å². The van der Waals surface area contributed by atoms with Crippen molar-refractivity contribution in [1.82, 2.24) is 15.1 Å². The van der Waals surface area contributed by atoms with Gasteiger partial charge in [-0.25, -0.2) is 0 Å². The number of rotatable bonds is 7. The minimum absolute atomic E-state index is 0.317. The summed E-state index contributed by atoms with van der Waals surface area (Å²) >= 11 is 0. The lowest BCUT2D eigenvalue weighted by molar-refractivity contribution is 0.466. The second kappa shape index (κ2) is 7.25. The Hall–Kier alpha value is -1.61. The molecule has 2 unspecified atom stereocenters. The summed E-state index contributed by atoms with van der Waals surface area (Å²) in [6.45, 7) is 8.55. The van der Waals surface area contributed by atoms with Crippen molar-refractivity contribution in [3.63, 3.8) is 0 Å². The second-order valence-electron chi connectivity index (χ2n) is 5.26. The predicted molar refractivity (Wildman–Crippen MR) is 83.8 cm³/mol. The molecule has 2 rings (SSSR count). The largest absolute Gasteiger partial charge is 0.309 e. The standard InChI is InChI=1S/C17H25N3/c1-4-11-18-17(16-12-19-20(5-2)13-16)14(3)15-9-7-6-8-10-15/h6-10,12-14,17-18H,4-5,11H2,1-3H3. The number of hydrogen-bond acceptors (Lipinski definition) is 2. The normalized spacial score (nSPS) is 14.2. The monoisotopic (exact) mass is 271 g/mol. The second-order valence-corrected chi connectivity index (χ2v) is 5.26.